The lowest BCUT2D eigenvalue weighted by Gasteiger charge is -2.13. The largest absolute Gasteiger partial charge is 0.378 e. The first-order valence-electron chi connectivity index (χ1n) is 7.26. The van der Waals surface area contributed by atoms with E-state index in [0.717, 1.165) is 5.69 Å². The molecular weight excluding hydrogens is 360 g/mol. The van der Waals surface area contributed by atoms with Crippen molar-refractivity contribution in [3.05, 3.63) is 48.0 Å². The Morgan fingerprint density at radius 1 is 1.20 bits per heavy atom. The third-order valence-corrected chi connectivity index (χ3v) is 5.38. The molecule has 1 amide bonds. The van der Waals surface area contributed by atoms with Gasteiger partial charge in [0.25, 0.3) is 5.91 Å². The van der Waals surface area contributed by atoms with Gasteiger partial charge in [0.1, 0.15) is 0 Å². The van der Waals surface area contributed by atoms with E-state index in [1.54, 1.807) is 24.3 Å². The summed E-state index contributed by atoms with van der Waals surface area (Å²) in [6, 6.07) is 11.6. The van der Waals surface area contributed by atoms with Crippen molar-refractivity contribution in [2.45, 2.75) is 4.90 Å². The van der Waals surface area contributed by atoms with Gasteiger partial charge in [0.05, 0.1) is 15.1 Å². The average molecular weight is 376 g/mol. The van der Waals surface area contributed by atoms with Gasteiger partial charge in [-0.3, -0.25) is 10.1 Å². The molecule has 0 saturated heterocycles. The van der Waals surface area contributed by atoms with Crippen molar-refractivity contribution in [1.82, 2.24) is 4.98 Å². The van der Waals surface area contributed by atoms with Crippen molar-refractivity contribution in [2.75, 3.05) is 24.3 Å². The number of nitrogens with zero attached hydrogens (tertiary/aromatic N) is 2. The standard InChI is InChI=1S/C16H16N4O3S2/c1-20(2)11-5-3-4-10(8-11)15(21)19-16-18-13-7-6-12(25(17,22)23)9-14(13)24-16/h3-9H,1-2H3,(H2,17,22,23)(H,18,19,21). The van der Waals surface area contributed by atoms with E-state index in [1.807, 2.05) is 25.1 Å². The number of thiazole rings is 1. The number of sulfonamides is 1. The van der Waals surface area contributed by atoms with Gasteiger partial charge in [0, 0.05) is 25.3 Å². The third-order valence-electron chi connectivity index (χ3n) is 3.53. The van der Waals surface area contributed by atoms with Crippen LogP contribution in [0.15, 0.2) is 47.4 Å². The molecule has 0 unspecified atom stereocenters. The minimum Gasteiger partial charge on any atom is -0.378 e. The zero-order valence-electron chi connectivity index (χ0n) is 13.6. The zero-order valence-corrected chi connectivity index (χ0v) is 15.2. The summed E-state index contributed by atoms with van der Waals surface area (Å²) in [5.41, 5.74) is 2.01. The van der Waals surface area contributed by atoms with Crippen LogP contribution in [0.2, 0.25) is 0 Å². The maximum absolute atomic E-state index is 12.4. The van der Waals surface area contributed by atoms with Crippen LogP contribution in [0.3, 0.4) is 0 Å². The number of anilines is 2. The molecule has 0 radical (unpaired) electrons. The fourth-order valence-corrected chi connectivity index (χ4v) is 3.74. The molecule has 1 heterocycles. The molecule has 0 aliphatic carbocycles. The summed E-state index contributed by atoms with van der Waals surface area (Å²) in [5.74, 6) is -0.283. The molecule has 0 bridgehead atoms. The van der Waals surface area contributed by atoms with Crippen molar-refractivity contribution in [3.8, 4) is 0 Å². The Morgan fingerprint density at radius 2 is 1.96 bits per heavy atom. The van der Waals surface area contributed by atoms with Crippen LogP contribution in [0.1, 0.15) is 10.4 Å². The van der Waals surface area contributed by atoms with E-state index in [4.69, 9.17) is 5.14 Å². The summed E-state index contributed by atoms with van der Waals surface area (Å²) >= 11 is 1.19. The molecule has 0 spiro atoms. The van der Waals surface area contributed by atoms with Crippen molar-refractivity contribution < 1.29 is 13.2 Å². The molecule has 25 heavy (non-hydrogen) atoms. The van der Waals surface area contributed by atoms with E-state index in [1.165, 1.54) is 23.5 Å². The second-order valence-electron chi connectivity index (χ2n) is 5.59. The first-order chi connectivity index (χ1) is 11.7. The predicted molar refractivity (Wildman–Crippen MR) is 99.7 cm³/mol. The van der Waals surface area contributed by atoms with Crippen LogP contribution in [0.5, 0.6) is 0 Å². The van der Waals surface area contributed by atoms with E-state index in [2.05, 4.69) is 10.3 Å². The summed E-state index contributed by atoms with van der Waals surface area (Å²) in [5, 5.41) is 8.26. The van der Waals surface area contributed by atoms with E-state index in [0.29, 0.717) is 20.9 Å². The monoisotopic (exact) mass is 376 g/mol. The maximum Gasteiger partial charge on any atom is 0.257 e. The molecular formula is C16H16N4O3S2. The van der Waals surface area contributed by atoms with Gasteiger partial charge < -0.3 is 4.90 Å². The van der Waals surface area contributed by atoms with Crippen molar-refractivity contribution in [3.63, 3.8) is 0 Å². The highest BCUT2D eigenvalue weighted by Gasteiger charge is 2.13. The number of benzene rings is 2. The molecule has 2 aromatic carbocycles. The molecule has 0 atom stereocenters. The fourth-order valence-electron chi connectivity index (χ4n) is 2.23. The zero-order chi connectivity index (χ0) is 18.2. The van der Waals surface area contributed by atoms with Crippen LogP contribution in [0.25, 0.3) is 10.2 Å². The number of carbonyl (C=O) groups excluding carboxylic acids is 1. The van der Waals surface area contributed by atoms with Crippen LogP contribution >= 0.6 is 11.3 Å². The highest BCUT2D eigenvalue weighted by Crippen LogP contribution is 2.28. The van der Waals surface area contributed by atoms with E-state index in [9.17, 15) is 13.2 Å². The normalized spacial score (nSPS) is 11.5. The number of aromatic nitrogens is 1. The van der Waals surface area contributed by atoms with Crippen LogP contribution in [0, 0.1) is 0 Å². The second-order valence-corrected chi connectivity index (χ2v) is 8.18. The lowest BCUT2D eigenvalue weighted by molar-refractivity contribution is 0.102. The van der Waals surface area contributed by atoms with Gasteiger partial charge in [-0.05, 0) is 36.4 Å². The van der Waals surface area contributed by atoms with Crippen molar-refractivity contribution >= 4 is 48.3 Å². The minimum atomic E-state index is -3.78. The molecule has 0 saturated carbocycles. The average Bonchev–Trinajstić information content (AvgIpc) is 2.95. The number of fused-ring (bicyclic) bond motifs is 1. The summed E-state index contributed by atoms with van der Waals surface area (Å²) < 4.78 is 23.5. The van der Waals surface area contributed by atoms with Crippen LogP contribution in [-0.4, -0.2) is 33.4 Å². The van der Waals surface area contributed by atoms with Gasteiger partial charge in [0.2, 0.25) is 10.0 Å². The van der Waals surface area contributed by atoms with Gasteiger partial charge in [-0.1, -0.05) is 17.4 Å². The number of hydrogen-bond acceptors (Lipinski definition) is 6. The SMILES string of the molecule is CN(C)c1cccc(C(=O)Nc2nc3ccc(S(N)(=O)=O)cc3s2)c1. The van der Waals surface area contributed by atoms with E-state index < -0.39 is 10.0 Å². The van der Waals surface area contributed by atoms with Gasteiger partial charge in [-0.2, -0.15) is 0 Å². The Morgan fingerprint density at radius 3 is 2.64 bits per heavy atom. The first kappa shape index (κ1) is 17.3. The molecule has 3 rings (SSSR count). The Hall–Kier alpha value is -2.49. The summed E-state index contributed by atoms with van der Waals surface area (Å²) in [7, 11) is 0.0158. The van der Waals surface area contributed by atoms with E-state index in [-0.39, 0.29) is 10.8 Å². The number of amides is 1. The topological polar surface area (TPSA) is 105 Å². The molecule has 1 aromatic heterocycles. The minimum absolute atomic E-state index is 0.0141. The van der Waals surface area contributed by atoms with Crippen molar-refractivity contribution in [2.24, 2.45) is 5.14 Å². The summed E-state index contributed by atoms with van der Waals surface area (Å²) in [4.78, 5) is 18.6. The fraction of sp³-hybridized carbons (Fsp3) is 0.125. The summed E-state index contributed by atoms with van der Waals surface area (Å²) in [6.45, 7) is 0. The number of nitrogens with one attached hydrogen (secondary N) is 1. The molecule has 0 aliphatic heterocycles. The lowest BCUT2D eigenvalue weighted by Crippen LogP contribution is -2.14. The van der Waals surface area contributed by atoms with E-state index >= 15 is 0 Å². The smallest absolute Gasteiger partial charge is 0.257 e. The van der Waals surface area contributed by atoms with Crippen LogP contribution < -0.4 is 15.4 Å². The number of primary sulfonamides is 1. The number of hydrogen-bond donors (Lipinski definition) is 2. The highest BCUT2D eigenvalue weighted by molar-refractivity contribution is 7.89. The van der Waals surface area contributed by atoms with Crippen LogP contribution in [0.4, 0.5) is 10.8 Å². The second kappa shape index (κ2) is 6.43. The highest BCUT2D eigenvalue weighted by atomic mass is 32.2. The number of nitrogens with two attached hydrogens (primary N) is 1. The lowest BCUT2D eigenvalue weighted by atomic mass is 10.2. The van der Waals surface area contributed by atoms with Gasteiger partial charge >= 0.3 is 0 Å². The Kier molecular flexibility index (Phi) is 4.46. The van der Waals surface area contributed by atoms with Crippen LogP contribution in [-0.2, 0) is 10.0 Å². The molecule has 3 aromatic rings. The molecule has 130 valence electrons. The van der Waals surface area contributed by atoms with Gasteiger partial charge in [-0.15, -0.1) is 0 Å². The molecule has 7 nitrogen and oxygen atoms in total. The Labute approximate surface area is 149 Å². The quantitative estimate of drug-likeness (QED) is 0.727. The van der Waals surface area contributed by atoms with Crippen molar-refractivity contribution in [1.29, 1.82) is 0 Å². The Bertz CT molecular complexity index is 1060. The molecule has 0 aliphatic rings. The third kappa shape index (κ3) is 3.78. The first-order valence-corrected chi connectivity index (χ1v) is 9.62. The Balaban J connectivity index is 1.87. The van der Waals surface area contributed by atoms with Gasteiger partial charge in [-0.25, -0.2) is 18.5 Å². The molecule has 9 heteroatoms. The molecule has 0 fully saturated rings. The number of carbonyl (C=O) groups is 1. The maximum atomic E-state index is 12.4. The number of rotatable bonds is 4. The molecule has 3 N–H and O–H groups in total. The predicted octanol–water partition coefficient (Wildman–Crippen LogP) is 2.26. The summed E-state index contributed by atoms with van der Waals surface area (Å²) in [6.07, 6.45) is 0. The van der Waals surface area contributed by atoms with Gasteiger partial charge in [0.15, 0.2) is 5.13 Å².